The lowest BCUT2D eigenvalue weighted by Gasteiger charge is -1.88. The molecule has 1 nitrogen and oxygen atoms in total. The van der Waals surface area contributed by atoms with E-state index in [0.717, 1.165) is 5.57 Å². The smallest absolute Gasteiger partial charge is 0.155 e. The summed E-state index contributed by atoms with van der Waals surface area (Å²) in [6, 6.07) is 0. The first-order valence-electron chi connectivity index (χ1n) is 3.05. The molecule has 0 amide bonds. The van der Waals surface area contributed by atoms with Gasteiger partial charge in [-0.15, -0.1) is 0 Å². The maximum atomic E-state index is 10.6. The van der Waals surface area contributed by atoms with Crippen LogP contribution >= 0.6 is 11.6 Å². The molecule has 0 rings (SSSR count). The zero-order valence-electron chi connectivity index (χ0n) is 6.44. The Labute approximate surface area is 66.4 Å². The van der Waals surface area contributed by atoms with Crippen molar-refractivity contribution in [2.45, 2.75) is 20.8 Å². The monoisotopic (exact) mass is 158 g/mol. The molecule has 56 valence electrons. The first kappa shape index (κ1) is 9.44. The van der Waals surface area contributed by atoms with Crippen LogP contribution in [-0.4, -0.2) is 5.78 Å². The zero-order valence-corrected chi connectivity index (χ0v) is 7.20. The van der Waals surface area contributed by atoms with Crippen LogP contribution in [0.15, 0.2) is 22.8 Å². The topological polar surface area (TPSA) is 17.1 Å². The summed E-state index contributed by atoms with van der Waals surface area (Å²) >= 11 is 5.53. The quantitative estimate of drug-likeness (QED) is 0.446. The lowest BCUT2D eigenvalue weighted by molar-refractivity contribution is -0.113. The lowest BCUT2D eigenvalue weighted by Crippen LogP contribution is -1.89. The molecule has 0 heterocycles. The molecule has 0 spiro atoms. The fraction of sp³-hybridized carbons (Fsp3) is 0.375. The Bertz CT molecular complexity index is 185. The molecule has 0 bridgehead atoms. The maximum Gasteiger partial charge on any atom is 0.155 e. The van der Waals surface area contributed by atoms with Crippen LogP contribution in [0.25, 0.3) is 0 Å². The molecule has 0 N–H and O–H groups in total. The maximum absolute atomic E-state index is 10.6. The van der Waals surface area contributed by atoms with Gasteiger partial charge in [0.1, 0.15) is 0 Å². The zero-order chi connectivity index (χ0) is 8.15. The van der Waals surface area contributed by atoms with Gasteiger partial charge in [0.15, 0.2) is 5.78 Å². The third-order valence-corrected chi connectivity index (χ3v) is 1.24. The van der Waals surface area contributed by atoms with E-state index in [1.54, 1.807) is 26.0 Å². The van der Waals surface area contributed by atoms with E-state index >= 15 is 0 Å². The molecule has 0 aromatic rings. The van der Waals surface area contributed by atoms with E-state index in [-0.39, 0.29) is 5.78 Å². The van der Waals surface area contributed by atoms with Crippen molar-refractivity contribution in [1.29, 1.82) is 0 Å². The van der Waals surface area contributed by atoms with E-state index in [1.165, 1.54) is 6.92 Å². The number of rotatable bonds is 2. The van der Waals surface area contributed by atoms with E-state index in [2.05, 4.69) is 0 Å². The van der Waals surface area contributed by atoms with Crippen LogP contribution in [0.5, 0.6) is 0 Å². The van der Waals surface area contributed by atoms with Gasteiger partial charge >= 0.3 is 0 Å². The van der Waals surface area contributed by atoms with E-state index < -0.39 is 0 Å². The Hall–Kier alpha value is -0.560. The highest BCUT2D eigenvalue weighted by Crippen LogP contribution is 2.01. The molecule has 0 unspecified atom stereocenters. The third kappa shape index (κ3) is 4.33. The van der Waals surface area contributed by atoms with Crippen LogP contribution in [0.2, 0.25) is 0 Å². The summed E-state index contributed by atoms with van der Waals surface area (Å²) in [6.07, 6.45) is 3.42. The van der Waals surface area contributed by atoms with Gasteiger partial charge in [-0.2, -0.15) is 0 Å². The number of hydrogen-bond donors (Lipinski definition) is 0. The number of ketones is 1. The molecule has 0 aromatic carbocycles. The van der Waals surface area contributed by atoms with Crippen LogP contribution in [0, 0.1) is 0 Å². The largest absolute Gasteiger partial charge is 0.295 e. The summed E-state index contributed by atoms with van der Waals surface area (Å²) in [5.74, 6) is 0.0779. The van der Waals surface area contributed by atoms with Crippen LogP contribution in [0.1, 0.15) is 20.8 Å². The van der Waals surface area contributed by atoms with Gasteiger partial charge in [-0.3, -0.25) is 4.79 Å². The van der Waals surface area contributed by atoms with Crippen molar-refractivity contribution in [1.82, 2.24) is 0 Å². The predicted octanol–water partition coefficient (Wildman–Crippen LogP) is 2.66. The van der Waals surface area contributed by atoms with E-state index in [9.17, 15) is 4.79 Å². The van der Waals surface area contributed by atoms with Gasteiger partial charge in [0.25, 0.3) is 0 Å². The molecule has 0 radical (unpaired) electrons. The minimum atomic E-state index is 0.0779. The Morgan fingerprint density at radius 2 is 1.70 bits per heavy atom. The Balaban J connectivity index is 4.19. The summed E-state index contributed by atoms with van der Waals surface area (Å²) in [4.78, 5) is 10.6. The number of carbonyl (C=O) groups is 1. The first-order valence-corrected chi connectivity index (χ1v) is 3.43. The molecule has 0 aliphatic carbocycles. The van der Waals surface area contributed by atoms with Gasteiger partial charge in [0.2, 0.25) is 0 Å². The highest BCUT2D eigenvalue weighted by atomic mass is 35.5. The second-order valence-corrected chi connectivity index (χ2v) is 2.76. The fourth-order valence-electron chi connectivity index (χ4n) is 0.357. The molecule has 0 aliphatic rings. The fourth-order valence-corrected chi connectivity index (χ4v) is 0.420. The van der Waals surface area contributed by atoms with Crippen molar-refractivity contribution in [2.24, 2.45) is 0 Å². The van der Waals surface area contributed by atoms with E-state index in [0.29, 0.717) is 5.03 Å². The van der Waals surface area contributed by atoms with Gasteiger partial charge < -0.3 is 0 Å². The Kier molecular flexibility index (Phi) is 4.05. The molecule has 0 saturated carbocycles. The number of allylic oxidation sites excluding steroid dienone is 4. The Morgan fingerprint density at radius 1 is 1.20 bits per heavy atom. The van der Waals surface area contributed by atoms with E-state index in [1.807, 2.05) is 0 Å². The molecule has 0 saturated heterocycles. The highest BCUT2D eigenvalue weighted by molar-refractivity contribution is 6.29. The van der Waals surface area contributed by atoms with Crippen molar-refractivity contribution < 1.29 is 4.79 Å². The van der Waals surface area contributed by atoms with Gasteiger partial charge in [0.05, 0.1) is 0 Å². The lowest BCUT2D eigenvalue weighted by atomic mass is 10.2. The highest BCUT2D eigenvalue weighted by Gasteiger charge is 1.91. The molecular formula is C8H11ClO. The molecule has 0 atom stereocenters. The first-order chi connectivity index (χ1) is 4.54. The standard InChI is InChI=1S/C8H11ClO/c1-6(8(3)10)4-5-7(2)9/h4-5H,1-3H3/b6-4+,7-5+. The van der Waals surface area contributed by atoms with Crippen LogP contribution in [0.4, 0.5) is 0 Å². The molecule has 10 heavy (non-hydrogen) atoms. The van der Waals surface area contributed by atoms with Gasteiger partial charge in [-0.05, 0) is 32.4 Å². The molecule has 0 aromatic heterocycles. The van der Waals surface area contributed by atoms with Crippen molar-refractivity contribution in [3.8, 4) is 0 Å². The molecule has 0 fully saturated rings. The van der Waals surface area contributed by atoms with E-state index in [4.69, 9.17) is 11.6 Å². The number of carbonyl (C=O) groups excluding carboxylic acids is 1. The molecule has 0 aliphatic heterocycles. The number of hydrogen-bond acceptors (Lipinski definition) is 1. The van der Waals surface area contributed by atoms with Gasteiger partial charge in [0, 0.05) is 5.03 Å². The van der Waals surface area contributed by atoms with Gasteiger partial charge in [-0.25, -0.2) is 0 Å². The normalized spacial score (nSPS) is 13.6. The average molecular weight is 159 g/mol. The molecule has 2 heteroatoms. The van der Waals surface area contributed by atoms with Crippen LogP contribution in [0.3, 0.4) is 0 Å². The Morgan fingerprint density at radius 3 is 2.00 bits per heavy atom. The number of Topliss-reactive ketones (excluding diaryl/α,β-unsaturated/α-hetero) is 1. The SMILES string of the molecule is CC(=O)/C(C)=C/C=C(\C)Cl. The minimum absolute atomic E-state index is 0.0779. The average Bonchev–Trinajstić information content (AvgIpc) is 1.82. The molecular weight excluding hydrogens is 148 g/mol. The van der Waals surface area contributed by atoms with Crippen LogP contribution in [-0.2, 0) is 4.79 Å². The van der Waals surface area contributed by atoms with Crippen molar-refractivity contribution in [2.75, 3.05) is 0 Å². The minimum Gasteiger partial charge on any atom is -0.295 e. The van der Waals surface area contributed by atoms with Crippen molar-refractivity contribution >= 4 is 17.4 Å². The van der Waals surface area contributed by atoms with Crippen molar-refractivity contribution in [3.05, 3.63) is 22.8 Å². The van der Waals surface area contributed by atoms with Gasteiger partial charge in [-0.1, -0.05) is 17.7 Å². The summed E-state index contributed by atoms with van der Waals surface area (Å²) in [5, 5.41) is 0.681. The summed E-state index contributed by atoms with van der Waals surface area (Å²) in [5.41, 5.74) is 0.722. The summed E-state index contributed by atoms with van der Waals surface area (Å²) in [7, 11) is 0. The number of halogens is 1. The predicted molar refractivity (Wildman–Crippen MR) is 44.0 cm³/mol. The van der Waals surface area contributed by atoms with Crippen LogP contribution < -0.4 is 0 Å². The summed E-state index contributed by atoms with van der Waals surface area (Å²) in [6.45, 7) is 5.06. The summed E-state index contributed by atoms with van der Waals surface area (Å²) < 4.78 is 0. The second kappa shape index (κ2) is 4.29. The third-order valence-electron chi connectivity index (χ3n) is 1.12. The second-order valence-electron chi connectivity index (χ2n) is 2.16. The van der Waals surface area contributed by atoms with Crippen molar-refractivity contribution in [3.63, 3.8) is 0 Å².